The fraction of sp³-hybridized carbons (Fsp3) is 0.417. The predicted octanol–water partition coefficient (Wildman–Crippen LogP) is 2.82. The topological polar surface area (TPSA) is 70.5 Å². The number of carbonyl (C=O) groups is 2. The molecule has 1 amide bonds. The molecule has 0 spiro atoms. The molecule has 7 heteroatoms. The molecule has 0 atom stereocenters. The fourth-order valence-corrected chi connectivity index (χ4v) is 1.98. The molecule has 0 saturated heterocycles. The summed E-state index contributed by atoms with van der Waals surface area (Å²) in [5.41, 5.74) is -0.464. The highest BCUT2D eigenvalue weighted by atomic mass is 79.9. The molecule has 0 saturated carbocycles. The molecule has 0 aliphatic heterocycles. The smallest absolute Gasteiger partial charge is 0.323 e. The Balaban J connectivity index is 3.19. The van der Waals surface area contributed by atoms with Crippen molar-refractivity contribution in [3.63, 3.8) is 0 Å². The first-order chi connectivity index (χ1) is 8.62. The Bertz CT molecular complexity index is 514. The first-order valence-electron chi connectivity index (χ1n) is 5.47. The third-order valence-electron chi connectivity index (χ3n) is 2.38. The van der Waals surface area contributed by atoms with Crippen molar-refractivity contribution in [3.8, 4) is 0 Å². The Morgan fingerprint density at radius 1 is 1.47 bits per heavy atom. The van der Waals surface area contributed by atoms with Crippen LogP contribution in [0.2, 0.25) is 5.15 Å². The van der Waals surface area contributed by atoms with E-state index in [1.165, 1.54) is 17.2 Å². The molecule has 5 nitrogen and oxygen atoms in total. The zero-order valence-corrected chi connectivity index (χ0v) is 13.1. The summed E-state index contributed by atoms with van der Waals surface area (Å²) in [6.07, 6.45) is 1.47. The lowest BCUT2D eigenvalue weighted by Gasteiger charge is -2.34. The standard InChI is InChI=1S/C12H14BrClN2O3/c1-12(2,3)16(6-9(17)18)11(19)8-4-7(13)5-15-10(8)14/h4-5H,6H2,1-3H3,(H,17,18). The summed E-state index contributed by atoms with van der Waals surface area (Å²) in [5.74, 6) is -1.55. The van der Waals surface area contributed by atoms with Crippen LogP contribution in [0.25, 0.3) is 0 Å². The van der Waals surface area contributed by atoms with E-state index in [9.17, 15) is 9.59 Å². The molecule has 19 heavy (non-hydrogen) atoms. The second kappa shape index (κ2) is 5.88. The molecule has 1 N–H and O–H groups in total. The average Bonchev–Trinajstić information content (AvgIpc) is 2.26. The van der Waals surface area contributed by atoms with Crippen molar-refractivity contribution >= 4 is 39.4 Å². The predicted molar refractivity (Wildman–Crippen MR) is 75.4 cm³/mol. The van der Waals surface area contributed by atoms with Gasteiger partial charge in [0.15, 0.2) is 0 Å². The summed E-state index contributed by atoms with van der Waals surface area (Å²) in [6, 6.07) is 1.53. The number of halogens is 2. The number of nitrogens with zero attached hydrogens (tertiary/aromatic N) is 2. The van der Waals surface area contributed by atoms with Crippen molar-refractivity contribution in [2.24, 2.45) is 0 Å². The van der Waals surface area contributed by atoms with Crippen molar-refractivity contribution in [1.29, 1.82) is 0 Å². The van der Waals surface area contributed by atoms with Gasteiger partial charge in [-0.3, -0.25) is 9.59 Å². The van der Waals surface area contributed by atoms with E-state index >= 15 is 0 Å². The van der Waals surface area contributed by atoms with Crippen LogP contribution in [-0.2, 0) is 4.79 Å². The summed E-state index contributed by atoms with van der Waals surface area (Å²) >= 11 is 9.10. The van der Waals surface area contributed by atoms with E-state index in [-0.39, 0.29) is 10.7 Å². The van der Waals surface area contributed by atoms with Crippen molar-refractivity contribution in [3.05, 3.63) is 27.5 Å². The minimum Gasteiger partial charge on any atom is -0.480 e. The Hall–Kier alpha value is -1.14. The minimum absolute atomic E-state index is 0.0489. The maximum absolute atomic E-state index is 12.4. The summed E-state index contributed by atoms with van der Waals surface area (Å²) in [6.45, 7) is 4.87. The van der Waals surface area contributed by atoms with Crippen molar-refractivity contribution in [2.75, 3.05) is 6.54 Å². The highest BCUT2D eigenvalue weighted by Crippen LogP contribution is 2.23. The second-order valence-electron chi connectivity index (χ2n) is 4.95. The number of aromatic nitrogens is 1. The molecule has 0 unspecified atom stereocenters. The Morgan fingerprint density at radius 2 is 2.05 bits per heavy atom. The summed E-state index contributed by atoms with van der Waals surface area (Å²) in [5, 5.41) is 8.96. The largest absolute Gasteiger partial charge is 0.480 e. The van der Waals surface area contributed by atoms with Gasteiger partial charge in [-0.2, -0.15) is 0 Å². The molecule has 104 valence electrons. The zero-order chi connectivity index (χ0) is 14.8. The highest BCUT2D eigenvalue weighted by molar-refractivity contribution is 9.10. The van der Waals surface area contributed by atoms with E-state index in [1.54, 1.807) is 20.8 Å². The zero-order valence-electron chi connectivity index (χ0n) is 10.8. The number of carbonyl (C=O) groups excluding carboxylic acids is 1. The van der Waals surface area contributed by atoms with Crippen LogP contribution in [0.1, 0.15) is 31.1 Å². The van der Waals surface area contributed by atoms with Gasteiger partial charge in [0.1, 0.15) is 11.7 Å². The lowest BCUT2D eigenvalue weighted by atomic mass is 10.0. The maximum atomic E-state index is 12.4. The highest BCUT2D eigenvalue weighted by Gasteiger charge is 2.30. The third kappa shape index (κ3) is 4.18. The number of hydrogen-bond donors (Lipinski definition) is 1. The first kappa shape index (κ1) is 15.9. The van der Waals surface area contributed by atoms with Gasteiger partial charge in [-0.1, -0.05) is 11.6 Å². The first-order valence-corrected chi connectivity index (χ1v) is 6.65. The third-order valence-corrected chi connectivity index (χ3v) is 3.12. The Morgan fingerprint density at radius 3 is 2.53 bits per heavy atom. The monoisotopic (exact) mass is 348 g/mol. The molecule has 0 aromatic carbocycles. The molecule has 0 aliphatic carbocycles. The number of pyridine rings is 1. The van der Waals surface area contributed by atoms with E-state index in [4.69, 9.17) is 16.7 Å². The normalized spacial score (nSPS) is 11.2. The fourth-order valence-electron chi connectivity index (χ4n) is 1.47. The molecule has 1 aromatic rings. The Labute approximate surface area is 124 Å². The molecule has 1 heterocycles. The SMILES string of the molecule is CC(C)(C)N(CC(=O)O)C(=O)c1cc(Br)cnc1Cl. The number of carboxylic acid groups (broad SMARTS) is 1. The van der Waals surface area contributed by atoms with E-state index in [0.29, 0.717) is 4.47 Å². The summed E-state index contributed by atoms with van der Waals surface area (Å²) in [4.78, 5) is 28.4. The average molecular weight is 350 g/mol. The molecule has 1 rings (SSSR count). The van der Waals surface area contributed by atoms with Gasteiger partial charge in [0.05, 0.1) is 5.56 Å². The van der Waals surface area contributed by atoms with Crippen LogP contribution < -0.4 is 0 Å². The lowest BCUT2D eigenvalue weighted by molar-refractivity contribution is -0.138. The van der Waals surface area contributed by atoms with Gasteiger partial charge in [0, 0.05) is 16.2 Å². The van der Waals surface area contributed by atoms with Gasteiger partial charge in [-0.15, -0.1) is 0 Å². The number of amides is 1. The van der Waals surface area contributed by atoms with E-state index in [1.807, 2.05) is 0 Å². The molecule has 0 aliphatic rings. The second-order valence-corrected chi connectivity index (χ2v) is 6.22. The molecule has 1 aromatic heterocycles. The van der Waals surface area contributed by atoms with Crippen LogP contribution >= 0.6 is 27.5 Å². The van der Waals surface area contributed by atoms with Crippen LogP contribution in [0, 0.1) is 0 Å². The van der Waals surface area contributed by atoms with Crippen LogP contribution in [0.4, 0.5) is 0 Å². The van der Waals surface area contributed by atoms with Gasteiger partial charge in [-0.25, -0.2) is 4.98 Å². The van der Waals surface area contributed by atoms with Crippen LogP contribution in [0.15, 0.2) is 16.7 Å². The van der Waals surface area contributed by atoms with Gasteiger partial charge >= 0.3 is 5.97 Å². The number of carboxylic acids is 1. The van der Waals surface area contributed by atoms with Crippen LogP contribution in [-0.4, -0.2) is 39.0 Å². The van der Waals surface area contributed by atoms with Crippen molar-refractivity contribution in [2.45, 2.75) is 26.3 Å². The summed E-state index contributed by atoms with van der Waals surface area (Å²) < 4.78 is 0.601. The molecular formula is C12H14BrClN2O3. The van der Waals surface area contributed by atoms with E-state index < -0.39 is 24.0 Å². The minimum atomic E-state index is -1.08. The maximum Gasteiger partial charge on any atom is 0.323 e. The molecule has 0 radical (unpaired) electrons. The Kier molecular flexibility index (Phi) is 4.92. The molecule has 0 bridgehead atoms. The number of rotatable bonds is 3. The van der Waals surface area contributed by atoms with E-state index in [2.05, 4.69) is 20.9 Å². The lowest BCUT2D eigenvalue weighted by Crippen LogP contribution is -2.48. The van der Waals surface area contributed by atoms with Gasteiger partial charge in [-0.05, 0) is 42.8 Å². The number of hydrogen-bond acceptors (Lipinski definition) is 3. The van der Waals surface area contributed by atoms with Gasteiger partial charge in [0.25, 0.3) is 5.91 Å². The van der Waals surface area contributed by atoms with Gasteiger partial charge in [0.2, 0.25) is 0 Å². The molecular weight excluding hydrogens is 336 g/mol. The van der Waals surface area contributed by atoms with Crippen molar-refractivity contribution in [1.82, 2.24) is 9.88 Å². The van der Waals surface area contributed by atoms with Crippen LogP contribution in [0.3, 0.4) is 0 Å². The van der Waals surface area contributed by atoms with Gasteiger partial charge < -0.3 is 10.0 Å². The van der Waals surface area contributed by atoms with Crippen LogP contribution in [0.5, 0.6) is 0 Å². The van der Waals surface area contributed by atoms with E-state index in [0.717, 1.165) is 0 Å². The molecule has 0 fully saturated rings. The summed E-state index contributed by atoms with van der Waals surface area (Å²) in [7, 11) is 0. The van der Waals surface area contributed by atoms with Crippen molar-refractivity contribution < 1.29 is 14.7 Å². The quantitative estimate of drug-likeness (QED) is 0.852. The number of aliphatic carboxylic acids is 1.